The normalized spacial score (nSPS) is 14.3. The van der Waals surface area contributed by atoms with Crippen LogP contribution in [0.1, 0.15) is 35.7 Å². The maximum absolute atomic E-state index is 12.8. The standard InChI is InChI=1S/C22H27N3O5/c1-14-7-9-24(10-8-14)18-6-5-16(12-19(18)25(27)28)22(26)23-17-13-21(30-4)20(29-3)11-15(17)2/h5-6,11-14H,7-10H2,1-4H3,(H,23,26). The Balaban J connectivity index is 1.86. The summed E-state index contributed by atoms with van der Waals surface area (Å²) in [6.45, 7) is 5.58. The van der Waals surface area contributed by atoms with Crippen LogP contribution in [0.4, 0.5) is 17.1 Å². The van der Waals surface area contributed by atoms with Crippen LogP contribution in [0, 0.1) is 23.0 Å². The lowest BCUT2D eigenvalue weighted by atomic mass is 9.98. The third-order valence-electron chi connectivity index (χ3n) is 5.54. The summed E-state index contributed by atoms with van der Waals surface area (Å²) in [5.74, 6) is 1.24. The van der Waals surface area contributed by atoms with Gasteiger partial charge in [0.15, 0.2) is 11.5 Å². The van der Waals surface area contributed by atoms with Gasteiger partial charge in [0.2, 0.25) is 0 Å². The number of piperidine rings is 1. The summed E-state index contributed by atoms with van der Waals surface area (Å²) >= 11 is 0. The second kappa shape index (κ2) is 9.02. The molecule has 0 saturated carbocycles. The lowest BCUT2D eigenvalue weighted by Crippen LogP contribution is -2.33. The van der Waals surface area contributed by atoms with Gasteiger partial charge in [-0.2, -0.15) is 0 Å². The van der Waals surface area contributed by atoms with E-state index in [2.05, 4.69) is 12.2 Å². The van der Waals surface area contributed by atoms with E-state index in [1.165, 1.54) is 13.2 Å². The topological polar surface area (TPSA) is 93.9 Å². The van der Waals surface area contributed by atoms with E-state index in [1.54, 1.807) is 31.4 Å². The molecule has 1 fully saturated rings. The average Bonchev–Trinajstić information content (AvgIpc) is 2.74. The number of ether oxygens (including phenoxy) is 2. The predicted octanol–water partition coefficient (Wildman–Crippen LogP) is 4.41. The number of carbonyl (C=O) groups excluding carboxylic acids is 1. The Kier molecular flexibility index (Phi) is 6.44. The molecule has 1 amide bonds. The van der Waals surface area contributed by atoms with Crippen LogP contribution in [0.25, 0.3) is 0 Å². The molecule has 2 aromatic carbocycles. The minimum Gasteiger partial charge on any atom is -0.493 e. The van der Waals surface area contributed by atoms with Crippen LogP contribution in [0.3, 0.4) is 0 Å². The molecule has 0 aromatic heterocycles. The Morgan fingerprint density at radius 2 is 1.77 bits per heavy atom. The van der Waals surface area contributed by atoms with Crippen molar-refractivity contribution in [2.24, 2.45) is 5.92 Å². The van der Waals surface area contributed by atoms with Crippen molar-refractivity contribution in [3.63, 3.8) is 0 Å². The quantitative estimate of drug-likeness (QED) is 0.557. The number of benzene rings is 2. The number of amides is 1. The van der Waals surface area contributed by atoms with E-state index in [-0.39, 0.29) is 11.3 Å². The van der Waals surface area contributed by atoms with E-state index in [9.17, 15) is 14.9 Å². The zero-order valence-electron chi connectivity index (χ0n) is 17.7. The van der Waals surface area contributed by atoms with E-state index >= 15 is 0 Å². The third kappa shape index (κ3) is 4.48. The molecule has 0 atom stereocenters. The van der Waals surface area contributed by atoms with Crippen molar-refractivity contribution in [1.29, 1.82) is 0 Å². The molecule has 1 aliphatic heterocycles. The summed E-state index contributed by atoms with van der Waals surface area (Å²) in [7, 11) is 3.06. The van der Waals surface area contributed by atoms with E-state index in [1.807, 2.05) is 11.8 Å². The molecule has 30 heavy (non-hydrogen) atoms. The fourth-order valence-corrected chi connectivity index (χ4v) is 3.64. The monoisotopic (exact) mass is 413 g/mol. The van der Waals surface area contributed by atoms with E-state index in [0.29, 0.717) is 28.8 Å². The Morgan fingerprint density at radius 3 is 2.37 bits per heavy atom. The van der Waals surface area contributed by atoms with Crippen molar-refractivity contribution in [1.82, 2.24) is 0 Å². The van der Waals surface area contributed by atoms with Crippen LogP contribution in [-0.2, 0) is 0 Å². The van der Waals surface area contributed by atoms with Crippen molar-refractivity contribution < 1.29 is 19.2 Å². The summed E-state index contributed by atoms with van der Waals surface area (Å²) in [4.78, 5) is 26.1. The van der Waals surface area contributed by atoms with Gasteiger partial charge < -0.3 is 19.7 Å². The number of nitro groups is 1. The molecular formula is C22H27N3O5. The average molecular weight is 413 g/mol. The Hall–Kier alpha value is -3.29. The second-order valence-electron chi connectivity index (χ2n) is 7.61. The lowest BCUT2D eigenvalue weighted by molar-refractivity contribution is -0.384. The molecule has 3 rings (SSSR count). The van der Waals surface area contributed by atoms with Crippen LogP contribution in [0.5, 0.6) is 11.5 Å². The number of rotatable bonds is 6. The molecule has 0 spiro atoms. The highest BCUT2D eigenvalue weighted by Crippen LogP contribution is 2.35. The first-order chi connectivity index (χ1) is 14.3. The van der Waals surface area contributed by atoms with Gasteiger partial charge in [-0.15, -0.1) is 0 Å². The first-order valence-electron chi connectivity index (χ1n) is 9.91. The number of nitro benzene ring substituents is 1. The predicted molar refractivity (Wildman–Crippen MR) is 116 cm³/mol. The third-order valence-corrected chi connectivity index (χ3v) is 5.54. The van der Waals surface area contributed by atoms with E-state index < -0.39 is 10.8 Å². The Bertz CT molecular complexity index is 952. The number of aryl methyl sites for hydroxylation is 1. The first-order valence-corrected chi connectivity index (χ1v) is 9.91. The number of methoxy groups -OCH3 is 2. The molecule has 0 radical (unpaired) electrons. The van der Waals surface area contributed by atoms with E-state index in [4.69, 9.17) is 9.47 Å². The van der Waals surface area contributed by atoms with Crippen molar-refractivity contribution in [3.05, 3.63) is 51.6 Å². The summed E-state index contributed by atoms with van der Waals surface area (Å²) in [5, 5.41) is 14.5. The van der Waals surface area contributed by atoms with E-state index in [0.717, 1.165) is 31.5 Å². The largest absolute Gasteiger partial charge is 0.493 e. The number of carbonyl (C=O) groups is 1. The summed E-state index contributed by atoms with van der Waals surface area (Å²) in [6.07, 6.45) is 2.00. The molecule has 1 heterocycles. The molecule has 0 unspecified atom stereocenters. The molecule has 1 N–H and O–H groups in total. The first kappa shape index (κ1) is 21.4. The van der Waals surface area contributed by atoms with Gasteiger partial charge in [-0.05, 0) is 49.4 Å². The van der Waals surface area contributed by atoms with Crippen molar-refractivity contribution in [2.75, 3.05) is 37.5 Å². The molecule has 1 saturated heterocycles. The SMILES string of the molecule is COc1cc(C)c(NC(=O)c2ccc(N3CCC(C)CC3)c([N+](=O)[O-])c2)cc1OC. The molecule has 8 nitrogen and oxygen atoms in total. The number of nitrogens with one attached hydrogen (secondary N) is 1. The molecule has 2 aromatic rings. The molecule has 1 aliphatic rings. The summed E-state index contributed by atoms with van der Waals surface area (Å²) in [6, 6.07) is 8.08. The maximum Gasteiger partial charge on any atom is 0.293 e. The van der Waals surface area contributed by atoms with Crippen molar-refractivity contribution >= 4 is 23.0 Å². The van der Waals surface area contributed by atoms with Crippen molar-refractivity contribution in [2.45, 2.75) is 26.7 Å². The van der Waals surface area contributed by atoms with Crippen LogP contribution in [-0.4, -0.2) is 38.1 Å². The number of hydrogen-bond acceptors (Lipinski definition) is 6. The Labute approximate surface area is 175 Å². The van der Waals surface area contributed by atoms with Crippen LogP contribution in [0.15, 0.2) is 30.3 Å². The minimum atomic E-state index is -0.425. The van der Waals surface area contributed by atoms with Gasteiger partial charge in [0, 0.05) is 36.5 Å². The fraction of sp³-hybridized carbons (Fsp3) is 0.409. The second-order valence-corrected chi connectivity index (χ2v) is 7.61. The highest BCUT2D eigenvalue weighted by atomic mass is 16.6. The van der Waals surface area contributed by atoms with Gasteiger partial charge >= 0.3 is 0 Å². The van der Waals surface area contributed by atoms with Crippen LogP contribution < -0.4 is 19.7 Å². The Morgan fingerprint density at radius 1 is 1.13 bits per heavy atom. The minimum absolute atomic E-state index is 0.0544. The molecule has 8 heteroatoms. The van der Waals surface area contributed by atoms with Gasteiger partial charge in [-0.3, -0.25) is 14.9 Å². The van der Waals surface area contributed by atoms with Crippen molar-refractivity contribution in [3.8, 4) is 11.5 Å². The van der Waals surface area contributed by atoms with Crippen LogP contribution >= 0.6 is 0 Å². The smallest absolute Gasteiger partial charge is 0.293 e. The zero-order valence-corrected chi connectivity index (χ0v) is 17.7. The van der Waals surface area contributed by atoms with Gasteiger partial charge in [-0.25, -0.2) is 0 Å². The summed E-state index contributed by atoms with van der Waals surface area (Å²) < 4.78 is 10.6. The fourth-order valence-electron chi connectivity index (χ4n) is 3.64. The lowest BCUT2D eigenvalue weighted by Gasteiger charge is -2.31. The molecular weight excluding hydrogens is 386 g/mol. The van der Waals surface area contributed by atoms with Gasteiger partial charge in [0.25, 0.3) is 11.6 Å². The number of hydrogen-bond donors (Lipinski definition) is 1. The number of anilines is 2. The maximum atomic E-state index is 12.8. The zero-order chi connectivity index (χ0) is 21.8. The highest BCUT2D eigenvalue weighted by Gasteiger charge is 2.25. The molecule has 0 aliphatic carbocycles. The highest BCUT2D eigenvalue weighted by molar-refractivity contribution is 6.05. The van der Waals surface area contributed by atoms with Gasteiger partial charge in [0.1, 0.15) is 5.69 Å². The van der Waals surface area contributed by atoms with Gasteiger partial charge in [-0.1, -0.05) is 6.92 Å². The summed E-state index contributed by atoms with van der Waals surface area (Å²) in [5.41, 5.74) is 2.07. The molecule has 0 bridgehead atoms. The number of nitrogens with zero attached hydrogens (tertiary/aromatic N) is 2. The van der Waals surface area contributed by atoms with Crippen LogP contribution in [0.2, 0.25) is 0 Å². The molecule has 160 valence electrons. The van der Waals surface area contributed by atoms with Gasteiger partial charge in [0.05, 0.1) is 19.1 Å².